The minimum atomic E-state index is -3.58. The third-order valence-corrected chi connectivity index (χ3v) is 8.09. The molecule has 0 bridgehead atoms. The Balaban J connectivity index is 1.62. The molecule has 1 amide bonds. The smallest absolute Gasteiger partial charge is 0.268 e. The van der Waals surface area contributed by atoms with Crippen molar-refractivity contribution in [1.82, 2.24) is 14.2 Å². The lowest BCUT2D eigenvalue weighted by atomic mass is 10.0. The van der Waals surface area contributed by atoms with Gasteiger partial charge in [-0.1, -0.05) is 23.7 Å². The normalized spacial score (nSPS) is 15.9. The molecule has 1 fully saturated rings. The molecule has 1 aromatic carbocycles. The molecule has 6 nitrogen and oxygen atoms in total. The van der Waals surface area contributed by atoms with Crippen molar-refractivity contribution < 1.29 is 13.2 Å². The van der Waals surface area contributed by atoms with E-state index in [1.165, 1.54) is 16.6 Å². The number of aromatic nitrogens is 1. The molecule has 0 aliphatic carbocycles. The van der Waals surface area contributed by atoms with E-state index < -0.39 is 10.0 Å². The molecule has 0 radical (unpaired) electrons. The third kappa shape index (κ3) is 4.18. The van der Waals surface area contributed by atoms with Crippen molar-refractivity contribution in [2.75, 3.05) is 13.1 Å². The van der Waals surface area contributed by atoms with Gasteiger partial charge in [-0.3, -0.25) is 4.79 Å². The van der Waals surface area contributed by atoms with Crippen LogP contribution in [0.15, 0.2) is 58.3 Å². The summed E-state index contributed by atoms with van der Waals surface area (Å²) < 4.78 is 28.7. The van der Waals surface area contributed by atoms with Gasteiger partial charge in [-0.25, -0.2) is 8.42 Å². The molecule has 3 heterocycles. The first-order valence-electron chi connectivity index (χ1n) is 9.61. The Hall–Kier alpha value is -2.13. The SMILES string of the molecule is Cn1cc(S(=O)(=O)N2CCCC2)cc1C(=O)NC(c1ccc(Cl)cc1)c1ccsc1. The second-order valence-electron chi connectivity index (χ2n) is 7.30. The van der Waals surface area contributed by atoms with Crippen molar-refractivity contribution >= 4 is 38.9 Å². The Morgan fingerprint density at radius 3 is 2.47 bits per heavy atom. The molecule has 30 heavy (non-hydrogen) atoms. The second kappa shape index (κ2) is 8.55. The zero-order chi connectivity index (χ0) is 21.3. The average Bonchev–Trinajstić information content (AvgIpc) is 3.48. The first-order chi connectivity index (χ1) is 14.4. The number of benzene rings is 1. The Labute approximate surface area is 185 Å². The van der Waals surface area contributed by atoms with Gasteiger partial charge in [0.2, 0.25) is 10.0 Å². The minimum absolute atomic E-state index is 0.149. The van der Waals surface area contributed by atoms with Gasteiger partial charge in [-0.05, 0) is 59.0 Å². The molecule has 1 N–H and O–H groups in total. The van der Waals surface area contributed by atoms with E-state index >= 15 is 0 Å². The van der Waals surface area contributed by atoms with E-state index in [9.17, 15) is 13.2 Å². The van der Waals surface area contributed by atoms with Gasteiger partial charge in [0.25, 0.3) is 5.91 Å². The minimum Gasteiger partial charge on any atom is -0.345 e. The molecular weight excluding hydrogens is 442 g/mol. The zero-order valence-corrected chi connectivity index (χ0v) is 18.8. The van der Waals surface area contributed by atoms with Gasteiger partial charge < -0.3 is 9.88 Å². The second-order valence-corrected chi connectivity index (χ2v) is 10.5. The number of halogens is 1. The molecular formula is C21H22ClN3O3S2. The number of hydrogen-bond donors (Lipinski definition) is 1. The summed E-state index contributed by atoms with van der Waals surface area (Å²) in [4.78, 5) is 13.3. The van der Waals surface area contributed by atoms with Crippen molar-refractivity contribution in [3.8, 4) is 0 Å². The van der Waals surface area contributed by atoms with E-state index in [4.69, 9.17) is 11.6 Å². The van der Waals surface area contributed by atoms with E-state index in [0.717, 1.165) is 24.0 Å². The van der Waals surface area contributed by atoms with Crippen LogP contribution in [0.25, 0.3) is 0 Å². The van der Waals surface area contributed by atoms with Crippen molar-refractivity contribution in [3.05, 3.63) is 75.2 Å². The van der Waals surface area contributed by atoms with Gasteiger partial charge in [0.15, 0.2) is 0 Å². The summed E-state index contributed by atoms with van der Waals surface area (Å²) in [5.41, 5.74) is 2.14. The number of carbonyl (C=O) groups excluding carboxylic acids is 1. The number of carbonyl (C=O) groups is 1. The summed E-state index contributed by atoms with van der Waals surface area (Å²) in [6, 6.07) is 10.4. The first kappa shape index (κ1) is 21.1. The maximum Gasteiger partial charge on any atom is 0.268 e. The average molecular weight is 464 g/mol. The van der Waals surface area contributed by atoms with Gasteiger partial charge in [-0.2, -0.15) is 15.6 Å². The Morgan fingerprint density at radius 1 is 1.13 bits per heavy atom. The fraction of sp³-hybridized carbons (Fsp3) is 0.286. The monoisotopic (exact) mass is 463 g/mol. The lowest BCUT2D eigenvalue weighted by molar-refractivity contribution is 0.0935. The van der Waals surface area contributed by atoms with E-state index in [1.54, 1.807) is 35.1 Å². The zero-order valence-electron chi connectivity index (χ0n) is 16.4. The van der Waals surface area contributed by atoms with Crippen LogP contribution in [0.4, 0.5) is 0 Å². The highest BCUT2D eigenvalue weighted by molar-refractivity contribution is 7.89. The maximum absolute atomic E-state index is 13.1. The highest BCUT2D eigenvalue weighted by atomic mass is 35.5. The highest BCUT2D eigenvalue weighted by Gasteiger charge is 2.30. The first-order valence-corrected chi connectivity index (χ1v) is 12.4. The summed E-state index contributed by atoms with van der Waals surface area (Å²) >= 11 is 7.56. The predicted octanol–water partition coefficient (Wildman–Crippen LogP) is 4.04. The highest BCUT2D eigenvalue weighted by Crippen LogP contribution is 2.27. The standard InChI is InChI=1S/C21H22ClN3O3S2/c1-24-13-18(30(27,28)25-9-2-3-10-25)12-19(24)21(26)23-20(16-8-11-29-14-16)15-4-6-17(22)7-5-15/h4-8,11-14,20H,2-3,9-10H2,1H3,(H,23,26). The van der Waals surface area contributed by atoms with Crippen LogP contribution in [-0.2, 0) is 17.1 Å². The number of hydrogen-bond acceptors (Lipinski definition) is 4. The molecule has 158 valence electrons. The summed E-state index contributed by atoms with van der Waals surface area (Å²) in [7, 11) is -1.90. The molecule has 2 aromatic heterocycles. The number of aryl methyl sites for hydroxylation is 1. The predicted molar refractivity (Wildman–Crippen MR) is 118 cm³/mol. The van der Waals surface area contributed by atoms with Crippen LogP contribution in [0, 0.1) is 0 Å². The number of sulfonamides is 1. The summed E-state index contributed by atoms with van der Waals surface area (Å²) in [6.45, 7) is 1.05. The quantitative estimate of drug-likeness (QED) is 0.599. The van der Waals surface area contributed by atoms with Gasteiger partial charge in [0, 0.05) is 31.4 Å². The van der Waals surface area contributed by atoms with Crippen molar-refractivity contribution in [3.63, 3.8) is 0 Å². The van der Waals surface area contributed by atoms with Crippen molar-refractivity contribution in [2.24, 2.45) is 7.05 Å². The van der Waals surface area contributed by atoms with E-state index in [-0.39, 0.29) is 16.8 Å². The molecule has 1 saturated heterocycles. The van der Waals surface area contributed by atoms with E-state index in [2.05, 4.69) is 5.32 Å². The van der Waals surface area contributed by atoms with E-state index in [0.29, 0.717) is 23.8 Å². The molecule has 1 unspecified atom stereocenters. The lowest BCUT2D eigenvalue weighted by Crippen LogP contribution is -2.30. The largest absolute Gasteiger partial charge is 0.345 e. The Morgan fingerprint density at radius 2 is 1.83 bits per heavy atom. The van der Waals surface area contributed by atoms with Crippen LogP contribution in [0.5, 0.6) is 0 Å². The molecule has 3 aromatic rings. The van der Waals surface area contributed by atoms with E-state index in [1.807, 2.05) is 29.0 Å². The lowest BCUT2D eigenvalue weighted by Gasteiger charge is -2.19. The van der Waals surface area contributed by atoms with Crippen LogP contribution in [0.3, 0.4) is 0 Å². The van der Waals surface area contributed by atoms with Gasteiger partial charge in [0.05, 0.1) is 6.04 Å². The van der Waals surface area contributed by atoms with Crippen LogP contribution < -0.4 is 5.32 Å². The summed E-state index contributed by atoms with van der Waals surface area (Å²) in [5.74, 6) is -0.341. The third-order valence-electron chi connectivity index (χ3n) is 5.27. The topological polar surface area (TPSA) is 71.4 Å². The number of rotatable bonds is 6. The number of nitrogens with one attached hydrogen (secondary N) is 1. The Kier molecular flexibility index (Phi) is 6.02. The van der Waals surface area contributed by atoms with Gasteiger partial charge in [-0.15, -0.1) is 0 Å². The summed E-state index contributed by atoms with van der Waals surface area (Å²) in [6.07, 6.45) is 3.23. The van der Waals surface area contributed by atoms with Crippen LogP contribution >= 0.6 is 22.9 Å². The number of nitrogens with zero attached hydrogens (tertiary/aromatic N) is 2. The van der Waals surface area contributed by atoms with Crippen LogP contribution in [-0.4, -0.2) is 36.3 Å². The fourth-order valence-electron chi connectivity index (χ4n) is 3.64. The van der Waals surface area contributed by atoms with Crippen LogP contribution in [0.1, 0.15) is 40.5 Å². The maximum atomic E-state index is 13.1. The molecule has 4 rings (SSSR count). The molecule has 9 heteroatoms. The number of amides is 1. The Bertz CT molecular complexity index is 1130. The molecule has 1 atom stereocenters. The molecule has 1 aliphatic rings. The summed E-state index contributed by atoms with van der Waals surface area (Å²) in [5, 5.41) is 7.59. The molecule has 0 spiro atoms. The molecule has 1 aliphatic heterocycles. The molecule has 0 saturated carbocycles. The van der Waals surface area contributed by atoms with Crippen molar-refractivity contribution in [1.29, 1.82) is 0 Å². The fourth-order valence-corrected chi connectivity index (χ4v) is 6.04. The van der Waals surface area contributed by atoms with Gasteiger partial charge in [0.1, 0.15) is 10.6 Å². The van der Waals surface area contributed by atoms with Gasteiger partial charge >= 0.3 is 0 Å². The van der Waals surface area contributed by atoms with Crippen LogP contribution in [0.2, 0.25) is 5.02 Å². The van der Waals surface area contributed by atoms with Crippen molar-refractivity contribution in [2.45, 2.75) is 23.8 Å². The number of thiophene rings is 1.